The minimum absolute atomic E-state index is 0.119. The summed E-state index contributed by atoms with van der Waals surface area (Å²) in [4.78, 5) is 8.46. The van der Waals surface area contributed by atoms with Crippen molar-refractivity contribution in [3.05, 3.63) is 12.3 Å². The van der Waals surface area contributed by atoms with Crippen LogP contribution in [0, 0.1) is 0 Å². The number of aromatic nitrogens is 2. The zero-order chi connectivity index (χ0) is 12.1. The fourth-order valence-electron chi connectivity index (χ4n) is 2.15. The van der Waals surface area contributed by atoms with E-state index >= 15 is 0 Å². The van der Waals surface area contributed by atoms with Crippen LogP contribution in [0.2, 0.25) is 0 Å². The van der Waals surface area contributed by atoms with Crippen LogP contribution in [-0.4, -0.2) is 33.8 Å². The summed E-state index contributed by atoms with van der Waals surface area (Å²) >= 11 is 0. The van der Waals surface area contributed by atoms with Crippen molar-refractivity contribution in [2.75, 3.05) is 17.2 Å². The van der Waals surface area contributed by atoms with Crippen LogP contribution in [0.3, 0.4) is 0 Å². The first kappa shape index (κ1) is 12.1. The Bertz CT molecular complexity index is 358. The van der Waals surface area contributed by atoms with Crippen molar-refractivity contribution in [1.82, 2.24) is 9.97 Å². The Balaban J connectivity index is 1.99. The first-order chi connectivity index (χ1) is 8.29. The molecule has 1 aliphatic carbocycles. The lowest BCUT2D eigenvalue weighted by Gasteiger charge is -2.28. The van der Waals surface area contributed by atoms with Crippen molar-refractivity contribution in [3.8, 4) is 0 Å². The molecule has 0 amide bonds. The number of hydrogen-bond donors (Lipinski definition) is 3. The highest BCUT2D eigenvalue weighted by Crippen LogP contribution is 2.21. The second-order valence-electron chi connectivity index (χ2n) is 4.40. The molecule has 2 atom stereocenters. The summed E-state index contributed by atoms with van der Waals surface area (Å²) < 4.78 is 0. The van der Waals surface area contributed by atoms with Gasteiger partial charge < -0.3 is 15.7 Å². The summed E-state index contributed by atoms with van der Waals surface area (Å²) in [5, 5.41) is 16.2. The van der Waals surface area contributed by atoms with Gasteiger partial charge in [-0.2, -0.15) is 4.98 Å². The summed E-state index contributed by atoms with van der Waals surface area (Å²) in [5.41, 5.74) is 0. The third-order valence-electron chi connectivity index (χ3n) is 3.05. The molecule has 0 aromatic carbocycles. The Labute approximate surface area is 102 Å². The second kappa shape index (κ2) is 5.82. The van der Waals surface area contributed by atoms with Crippen molar-refractivity contribution >= 4 is 11.8 Å². The topological polar surface area (TPSA) is 70.1 Å². The molecule has 1 aliphatic rings. The molecule has 0 aliphatic heterocycles. The van der Waals surface area contributed by atoms with Crippen LogP contribution in [0.1, 0.15) is 32.6 Å². The van der Waals surface area contributed by atoms with Gasteiger partial charge in [0.15, 0.2) is 0 Å². The van der Waals surface area contributed by atoms with Gasteiger partial charge in [-0.1, -0.05) is 12.8 Å². The van der Waals surface area contributed by atoms with Gasteiger partial charge in [-0.3, -0.25) is 0 Å². The van der Waals surface area contributed by atoms with Crippen LogP contribution in [-0.2, 0) is 0 Å². The Hall–Kier alpha value is -1.36. The summed E-state index contributed by atoms with van der Waals surface area (Å²) in [7, 11) is 0. The Morgan fingerprint density at radius 2 is 2.24 bits per heavy atom. The number of hydrogen-bond acceptors (Lipinski definition) is 5. The van der Waals surface area contributed by atoms with E-state index in [1.54, 1.807) is 6.20 Å². The SMILES string of the molecule is CCNc1nccc(NC2CCCCC2O)n1. The van der Waals surface area contributed by atoms with E-state index in [1.807, 2.05) is 13.0 Å². The van der Waals surface area contributed by atoms with E-state index in [9.17, 15) is 5.11 Å². The molecule has 1 heterocycles. The maximum Gasteiger partial charge on any atom is 0.224 e. The molecule has 1 aromatic heterocycles. The maximum atomic E-state index is 9.88. The minimum Gasteiger partial charge on any atom is -0.391 e. The number of aliphatic hydroxyl groups is 1. The standard InChI is InChI=1S/C12H20N4O/c1-2-13-12-14-8-7-11(16-12)15-9-5-3-4-6-10(9)17/h7-10,17H,2-6H2,1H3,(H2,13,14,15,16). The van der Waals surface area contributed by atoms with Crippen LogP contribution in [0.4, 0.5) is 11.8 Å². The summed E-state index contributed by atoms with van der Waals surface area (Å²) in [6.45, 7) is 2.81. The van der Waals surface area contributed by atoms with Crippen molar-refractivity contribution in [2.24, 2.45) is 0 Å². The van der Waals surface area contributed by atoms with Gasteiger partial charge in [0.25, 0.3) is 0 Å². The average molecular weight is 236 g/mol. The molecular weight excluding hydrogens is 216 g/mol. The van der Waals surface area contributed by atoms with Crippen molar-refractivity contribution < 1.29 is 5.11 Å². The van der Waals surface area contributed by atoms with Crippen LogP contribution in [0.25, 0.3) is 0 Å². The normalized spacial score (nSPS) is 24.4. The Kier molecular flexibility index (Phi) is 4.14. The molecule has 17 heavy (non-hydrogen) atoms. The lowest BCUT2D eigenvalue weighted by atomic mass is 9.93. The summed E-state index contributed by atoms with van der Waals surface area (Å²) in [5.74, 6) is 1.41. The third kappa shape index (κ3) is 3.30. The fourth-order valence-corrected chi connectivity index (χ4v) is 2.15. The molecule has 0 saturated heterocycles. The van der Waals surface area contributed by atoms with Crippen molar-refractivity contribution in [2.45, 2.75) is 44.8 Å². The van der Waals surface area contributed by atoms with Crippen LogP contribution < -0.4 is 10.6 Å². The molecule has 0 spiro atoms. The zero-order valence-electron chi connectivity index (χ0n) is 10.2. The van der Waals surface area contributed by atoms with E-state index in [0.29, 0.717) is 5.95 Å². The highest BCUT2D eigenvalue weighted by Gasteiger charge is 2.22. The third-order valence-corrected chi connectivity index (χ3v) is 3.05. The smallest absolute Gasteiger partial charge is 0.224 e. The van der Waals surface area contributed by atoms with E-state index in [0.717, 1.165) is 31.6 Å². The minimum atomic E-state index is -0.263. The van der Waals surface area contributed by atoms with Crippen LogP contribution in [0.15, 0.2) is 12.3 Å². The van der Waals surface area contributed by atoms with Crippen LogP contribution >= 0.6 is 0 Å². The van der Waals surface area contributed by atoms with Gasteiger partial charge in [-0.25, -0.2) is 4.98 Å². The highest BCUT2D eigenvalue weighted by molar-refractivity contribution is 5.40. The molecule has 2 unspecified atom stereocenters. The monoisotopic (exact) mass is 236 g/mol. The lowest BCUT2D eigenvalue weighted by Crippen LogP contribution is -2.36. The van der Waals surface area contributed by atoms with E-state index in [4.69, 9.17) is 0 Å². The molecule has 1 fully saturated rings. The first-order valence-electron chi connectivity index (χ1n) is 6.31. The molecule has 0 radical (unpaired) electrons. The molecule has 5 heteroatoms. The molecule has 5 nitrogen and oxygen atoms in total. The number of nitrogens with one attached hydrogen (secondary N) is 2. The van der Waals surface area contributed by atoms with Gasteiger partial charge in [0.05, 0.1) is 12.1 Å². The van der Waals surface area contributed by atoms with Gasteiger partial charge >= 0.3 is 0 Å². The van der Waals surface area contributed by atoms with Gasteiger partial charge in [-0.15, -0.1) is 0 Å². The quantitative estimate of drug-likeness (QED) is 0.741. The molecule has 2 rings (SSSR count). The molecule has 1 aromatic rings. The van der Waals surface area contributed by atoms with Crippen molar-refractivity contribution in [1.29, 1.82) is 0 Å². The number of anilines is 2. The molecule has 1 saturated carbocycles. The van der Waals surface area contributed by atoms with Gasteiger partial charge in [0.2, 0.25) is 5.95 Å². The lowest BCUT2D eigenvalue weighted by molar-refractivity contribution is 0.116. The molecule has 0 bridgehead atoms. The zero-order valence-corrected chi connectivity index (χ0v) is 10.2. The van der Waals surface area contributed by atoms with E-state index < -0.39 is 0 Å². The Morgan fingerprint density at radius 3 is 3.00 bits per heavy atom. The van der Waals surface area contributed by atoms with Gasteiger partial charge in [-0.05, 0) is 25.8 Å². The van der Waals surface area contributed by atoms with Gasteiger partial charge in [0, 0.05) is 12.7 Å². The first-order valence-corrected chi connectivity index (χ1v) is 6.31. The predicted molar refractivity (Wildman–Crippen MR) is 68.1 cm³/mol. The molecule has 3 N–H and O–H groups in total. The Morgan fingerprint density at radius 1 is 1.41 bits per heavy atom. The molecular formula is C12H20N4O. The fraction of sp³-hybridized carbons (Fsp3) is 0.667. The van der Waals surface area contributed by atoms with Crippen molar-refractivity contribution in [3.63, 3.8) is 0 Å². The largest absolute Gasteiger partial charge is 0.391 e. The number of rotatable bonds is 4. The summed E-state index contributed by atoms with van der Waals surface area (Å²) in [6.07, 6.45) is 5.62. The van der Waals surface area contributed by atoms with E-state index in [-0.39, 0.29) is 12.1 Å². The number of nitrogens with zero attached hydrogens (tertiary/aromatic N) is 2. The predicted octanol–water partition coefficient (Wildman–Crippen LogP) is 1.62. The highest BCUT2D eigenvalue weighted by atomic mass is 16.3. The molecule has 94 valence electrons. The summed E-state index contributed by atoms with van der Waals surface area (Å²) in [6, 6.07) is 1.95. The second-order valence-corrected chi connectivity index (χ2v) is 4.40. The van der Waals surface area contributed by atoms with E-state index in [1.165, 1.54) is 6.42 Å². The van der Waals surface area contributed by atoms with Gasteiger partial charge in [0.1, 0.15) is 5.82 Å². The maximum absolute atomic E-state index is 9.88. The van der Waals surface area contributed by atoms with E-state index in [2.05, 4.69) is 20.6 Å². The van der Waals surface area contributed by atoms with Crippen LogP contribution in [0.5, 0.6) is 0 Å². The number of aliphatic hydroxyl groups excluding tert-OH is 1. The average Bonchev–Trinajstić information content (AvgIpc) is 2.33.